The van der Waals surface area contributed by atoms with Crippen molar-refractivity contribution in [3.8, 4) is 17.0 Å². The Balaban J connectivity index is 2.52. The Bertz CT molecular complexity index is 599. The second-order valence-corrected chi connectivity index (χ2v) is 3.62. The predicted molar refractivity (Wildman–Crippen MR) is 67.3 cm³/mol. The Kier molecular flexibility index (Phi) is 3.09. The van der Waals surface area contributed by atoms with Crippen molar-refractivity contribution >= 4 is 11.5 Å². The van der Waals surface area contributed by atoms with Gasteiger partial charge in [0.25, 0.3) is 5.69 Å². The van der Waals surface area contributed by atoms with Crippen molar-refractivity contribution in [3.63, 3.8) is 0 Å². The molecule has 0 spiro atoms. The summed E-state index contributed by atoms with van der Waals surface area (Å²) >= 11 is 0. The number of nitrogen functional groups attached to an aromatic ring is 1. The summed E-state index contributed by atoms with van der Waals surface area (Å²) in [6, 6.07) is 9.70. The highest BCUT2D eigenvalue weighted by molar-refractivity contribution is 5.66. The first kappa shape index (κ1) is 11.8. The molecule has 0 unspecified atom stereocenters. The SMILES string of the molecule is COc1cccc(-c2cc([N+](=O)[O-])cc(N)n2)c1. The van der Waals surface area contributed by atoms with Crippen LogP contribution >= 0.6 is 0 Å². The van der Waals surface area contributed by atoms with E-state index in [-0.39, 0.29) is 11.5 Å². The van der Waals surface area contributed by atoms with Crippen molar-refractivity contribution in [2.75, 3.05) is 12.8 Å². The zero-order valence-electron chi connectivity index (χ0n) is 9.66. The van der Waals surface area contributed by atoms with E-state index in [0.717, 1.165) is 0 Å². The molecule has 0 aliphatic rings. The molecule has 0 amide bonds. The van der Waals surface area contributed by atoms with Gasteiger partial charge in [0.15, 0.2) is 0 Å². The normalized spacial score (nSPS) is 10.1. The van der Waals surface area contributed by atoms with Crippen LogP contribution in [0.25, 0.3) is 11.3 Å². The van der Waals surface area contributed by atoms with Crippen molar-refractivity contribution in [2.24, 2.45) is 0 Å². The lowest BCUT2D eigenvalue weighted by molar-refractivity contribution is -0.384. The van der Waals surface area contributed by atoms with E-state index in [0.29, 0.717) is 17.0 Å². The maximum Gasteiger partial charge on any atom is 0.275 e. The average Bonchev–Trinajstić information content (AvgIpc) is 2.38. The Morgan fingerprint density at radius 3 is 2.78 bits per heavy atom. The third-order valence-corrected chi connectivity index (χ3v) is 2.41. The fourth-order valence-corrected chi connectivity index (χ4v) is 1.57. The van der Waals surface area contributed by atoms with Gasteiger partial charge < -0.3 is 10.5 Å². The predicted octanol–water partition coefficient (Wildman–Crippen LogP) is 2.25. The smallest absolute Gasteiger partial charge is 0.275 e. The number of pyridine rings is 1. The van der Waals surface area contributed by atoms with Gasteiger partial charge in [0, 0.05) is 11.6 Å². The Morgan fingerprint density at radius 1 is 1.33 bits per heavy atom. The zero-order chi connectivity index (χ0) is 13.1. The molecule has 1 aromatic carbocycles. The van der Waals surface area contributed by atoms with Gasteiger partial charge in [-0.25, -0.2) is 4.98 Å². The molecule has 0 saturated heterocycles. The Hall–Kier alpha value is -2.63. The first-order chi connectivity index (χ1) is 8.60. The molecule has 2 rings (SSSR count). The van der Waals surface area contributed by atoms with Gasteiger partial charge in [0.2, 0.25) is 0 Å². The van der Waals surface area contributed by atoms with E-state index in [2.05, 4.69) is 4.98 Å². The Labute approximate surface area is 103 Å². The van der Waals surface area contributed by atoms with Gasteiger partial charge >= 0.3 is 0 Å². The van der Waals surface area contributed by atoms with E-state index < -0.39 is 4.92 Å². The molecule has 0 saturated carbocycles. The number of benzene rings is 1. The van der Waals surface area contributed by atoms with Gasteiger partial charge in [0.05, 0.1) is 23.8 Å². The number of methoxy groups -OCH3 is 1. The molecule has 6 nitrogen and oxygen atoms in total. The monoisotopic (exact) mass is 245 g/mol. The van der Waals surface area contributed by atoms with E-state index in [9.17, 15) is 10.1 Å². The van der Waals surface area contributed by atoms with Crippen LogP contribution in [-0.2, 0) is 0 Å². The van der Waals surface area contributed by atoms with Crippen molar-refractivity contribution in [2.45, 2.75) is 0 Å². The van der Waals surface area contributed by atoms with Crippen LogP contribution in [0.4, 0.5) is 11.5 Å². The third kappa shape index (κ3) is 2.37. The minimum Gasteiger partial charge on any atom is -0.497 e. The van der Waals surface area contributed by atoms with Crippen LogP contribution in [0.1, 0.15) is 0 Å². The first-order valence-corrected chi connectivity index (χ1v) is 5.16. The van der Waals surface area contributed by atoms with Crippen LogP contribution in [0, 0.1) is 10.1 Å². The molecule has 2 aromatic rings. The molecule has 0 atom stereocenters. The molecule has 6 heteroatoms. The van der Waals surface area contributed by atoms with E-state index in [1.165, 1.54) is 12.1 Å². The summed E-state index contributed by atoms with van der Waals surface area (Å²) in [5, 5.41) is 10.8. The fourth-order valence-electron chi connectivity index (χ4n) is 1.57. The molecule has 0 fully saturated rings. The van der Waals surface area contributed by atoms with Crippen LogP contribution in [0.3, 0.4) is 0 Å². The third-order valence-electron chi connectivity index (χ3n) is 2.41. The number of nitro groups is 1. The van der Waals surface area contributed by atoms with Crippen molar-refractivity contribution in [1.29, 1.82) is 0 Å². The van der Waals surface area contributed by atoms with Gasteiger partial charge in [-0.3, -0.25) is 10.1 Å². The topological polar surface area (TPSA) is 91.3 Å². The highest BCUT2D eigenvalue weighted by Crippen LogP contribution is 2.26. The van der Waals surface area contributed by atoms with Gasteiger partial charge in [-0.2, -0.15) is 0 Å². The van der Waals surface area contributed by atoms with Crippen LogP contribution in [0.15, 0.2) is 36.4 Å². The number of rotatable bonds is 3. The molecule has 0 bridgehead atoms. The standard InChI is InChI=1S/C12H11N3O3/c1-18-10-4-2-3-8(5-10)11-6-9(15(16)17)7-12(13)14-11/h2-7H,1H3,(H2,13,14). The summed E-state index contributed by atoms with van der Waals surface area (Å²) in [5.74, 6) is 0.765. The molecule has 18 heavy (non-hydrogen) atoms. The van der Waals surface area contributed by atoms with Gasteiger partial charge in [-0.1, -0.05) is 12.1 Å². The molecule has 92 valence electrons. The molecule has 0 radical (unpaired) electrons. The van der Waals surface area contributed by atoms with Crippen LogP contribution in [0.5, 0.6) is 5.75 Å². The van der Waals surface area contributed by atoms with E-state index in [1.54, 1.807) is 31.4 Å². The summed E-state index contributed by atoms with van der Waals surface area (Å²) in [7, 11) is 1.55. The number of hydrogen-bond acceptors (Lipinski definition) is 5. The summed E-state index contributed by atoms with van der Waals surface area (Å²) in [4.78, 5) is 14.3. The van der Waals surface area contributed by atoms with Crippen LogP contribution < -0.4 is 10.5 Å². The lowest BCUT2D eigenvalue weighted by Gasteiger charge is -2.05. The quantitative estimate of drug-likeness (QED) is 0.661. The van der Waals surface area contributed by atoms with Gasteiger partial charge in [-0.05, 0) is 12.1 Å². The minimum atomic E-state index is -0.498. The number of ether oxygens (including phenoxy) is 1. The Morgan fingerprint density at radius 2 is 2.11 bits per heavy atom. The molecule has 2 N–H and O–H groups in total. The van der Waals surface area contributed by atoms with E-state index >= 15 is 0 Å². The second-order valence-electron chi connectivity index (χ2n) is 3.62. The summed E-state index contributed by atoms with van der Waals surface area (Å²) in [6.45, 7) is 0. The average molecular weight is 245 g/mol. The number of nitrogens with zero attached hydrogens (tertiary/aromatic N) is 2. The fraction of sp³-hybridized carbons (Fsp3) is 0.0833. The van der Waals surface area contributed by atoms with Crippen LogP contribution in [0.2, 0.25) is 0 Å². The highest BCUT2D eigenvalue weighted by atomic mass is 16.6. The zero-order valence-corrected chi connectivity index (χ0v) is 9.66. The van der Waals surface area contributed by atoms with E-state index in [4.69, 9.17) is 10.5 Å². The van der Waals surface area contributed by atoms with Gasteiger partial charge in [-0.15, -0.1) is 0 Å². The maximum atomic E-state index is 10.8. The highest BCUT2D eigenvalue weighted by Gasteiger charge is 2.11. The molecule has 0 aliphatic carbocycles. The lowest BCUT2D eigenvalue weighted by Crippen LogP contribution is -1.96. The summed E-state index contributed by atoms with van der Waals surface area (Å²) in [5.41, 5.74) is 6.63. The first-order valence-electron chi connectivity index (χ1n) is 5.16. The number of aromatic nitrogens is 1. The van der Waals surface area contributed by atoms with E-state index in [1.807, 2.05) is 0 Å². The molecule has 1 heterocycles. The van der Waals surface area contributed by atoms with Crippen molar-refractivity contribution in [3.05, 3.63) is 46.5 Å². The second kappa shape index (κ2) is 4.70. The molecular formula is C12H11N3O3. The lowest BCUT2D eigenvalue weighted by atomic mass is 10.1. The molecular weight excluding hydrogens is 234 g/mol. The maximum absolute atomic E-state index is 10.8. The van der Waals surface area contributed by atoms with Crippen LogP contribution in [-0.4, -0.2) is 17.0 Å². The summed E-state index contributed by atoms with van der Waals surface area (Å²) in [6.07, 6.45) is 0. The van der Waals surface area contributed by atoms with Crippen molar-refractivity contribution in [1.82, 2.24) is 4.98 Å². The molecule has 0 aliphatic heterocycles. The number of nitrogens with two attached hydrogens (primary N) is 1. The minimum absolute atomic E-state index is 0.0830. The largest absolute Gasteiger partial charge is 0.497 e. The number of hydrogen-bond donors (Lipinski definition) is 1. The van der Waals surface area contributed by atoms with Crippen molar-refractivity contribution < 1.29 is 9.66 Å². The van der Waals surface area contributed by atoms with Gasteiger partial charge in [0.1, 0.15) is 11.6 Å². The number of anilines is 1. The summed E-state index contributed by atoms with van der Waals surface area (Å²) < 4.78 is 5.09. The molecule has 1 aromatic heterocycles.